The summed E-state index contributed by atoms with van der Waals surface area (Å²) in [4.78, 5) is 0. The zero-order valence-corrected chi connectivity index (χ0v) is 11.8. The van der Waals surface area contributed by atoms with E-state index in [9.17, 15) is 13.9 Å². The zero-order chi connectivity index (χ0) is 13.3. The van der Waals surface area contributed by atoms with Crippen LogP contribution in [0.4, 0.5) is 8.78 Å². The minimum atomic E-state index is -1.29. The number of hydrogen-bond donors (Lipinski definition) is 1. The molecule has 2 aromatic rings. The Morgan fingerprint density at radius 2 is 1.67 bits per heavy atom. The van der Waals surface area contributed by atoms with Crippen LogP contribution in [0.25, 0.3) is 0 Å². The van der Waals surface area contributed by atoms with Gasteiger partial charge in [-0.15, -0.1) is 0 Å². The first kappa shape index (κ1) is 13.4. The number of aliphatic hydroxyl groups excluding tert-OH is 1. The first-order valence-corrected chi connectivity index (χ1v) is 6.46. The molecule has 0 heterocycles. The Morgan fingerprint density at radius 1 is 1.06 bits per heavy atom. The highest BCUT2D eigenvalue weighted by Gasteiger charge is 2.20. The Balaban J connectivity index is 2.49. The molecular weight excluding hydrogens is 349 g/mol. The average Bonchev–Trinajstić information content (AvgIpc) is 2.35. The molecule has 0 spiro atoms. The molecule has 0 aliphatic carbocycles. The smallest absolute Gasteiger partial charge is 0.135 e. The van der Waals surface area contributed by atoms with Gasteiger partial charge >= 0.3 is 0 Å². The van der Waals surface area contributed by atoms with Crippen molar-refractivity contribution in [3.63, 3.8) is 0 Å². The van der Waals surface area contributed by atoms with Crippen molar-refractivity contribution in [1.82, 2.24) is 0 Å². The van der Waals surface area contributed by atoms with E-state index in [0.29, 0.717) is 11.1 Å². The van der Waals surface area contributed by atoms with Crippen molar-refractivity contribution in [3.05, 3.63) is 68.3 Å². The Morgan fingerprint density at radius 3 is 2.28 bits per heavy atom. The van der Waals surface area contributed by atoms with Crippen molar-refractivity contribution in [1.29, 1.82) is 0 Å². The van der Waals surface area contributed by atoms with Gasteiger partial charge in [0.05, 0.1) is 5.56 Å². The molecule has 1 unspecified atom stereocenters. The maximum absolute atomic E-state index is 13.9. The van der Waals surface area contributed by atoms with Gasteiger partial charge in [-0.3, -0.25) is 0 Å². The first-order valence-electron chi connectivity index (χ1n) is 5.38. The molecule has 18 heavy (non-hydrogen) atoms. The molecule has 0 bridgehead atoms. The van der Waals surface area contributed by atoms with Gasteiger partial charge in [-0.05, 0) is 58.8 Å². The van der Waals surface area contributed by atoms with Crippen LogP contribution in [0.15, 0.2) is 36.4 Å². The third-order valence-corrected chi connectivity index (χ3v) is 3.50. The molecule has 2 aromatic carbocycles. The van der Waals surface area contributed by atoms with Gasteiger partial charge in [0, 0.05) is 3.57 Å². The van der Waals surface area contributed by atoms with Crippen LogP contribution in [0.5, 0.6) is 0 Å². The predicted molar refractivity (Wildman–Crippen MR) is 74.3 cm³/mol. The molecule has 0 saturated carbocycles. The van der Waals surface area contributed by atoms with Crippen LogP contribution in [0, 0.1) is 22.1 Å². The minimum absolute atomic E-state index is 0.295. The largest absolute Gasteiger partial charge is 0.383 e. The maximum atomic E-state index is 13.9. The molecule has 0 aliphatic heterocycles. The highest BCUT2D eigenvalue weighted by molar-refractivity contribution is 14.1. The Kier molecular flexibility index (Phi) is 3.97. The van der Waals surface area contributed by atoms with Crippen molar-refractivity contribution in [3.8, 4) is 0 Å². The Bertz CT molecular complexity index is 567. The van der Waals surface area contributed by atoms with Gasteiger partial charge in [-0.1, -0.05) is 18.2 Å². The van der Waals surface area contributed by atoms with E-state index in [1.165, 1.54) is 12.1 Å². The van der Waals surface area contributed by atoms with Gasteiger partial charge in [0.15, 0.2) is 0 Å². The summed E-state index contributed by atoms with van der Waals surface area (Å²) in [7, 11) is 0. The number of halogens is 3. The lowest BCUT2D eigenvalue weighted by molar-refractivity contribution is 0.209. The maximum Gasteiger partial charge on any atom is 0.135 e. The number of aliphatic hydroxyl groups is 1. The molecule has 0 aromatic heterocycles. The van der Waals surface area contributed by atoms with Crippen LogP contribution in [0.1, 0.15) is 22.8 Å². The van der Waals surface area contributed by atoms with Gasteiger partial charge in [0.1, 0.15) is 17.7 Å². The van der Waals surface area contributed by atoms with Crippen LogP contribution < -0.4 is 0 Å². The highest BCUT2D eigenvalue weighted by Crippen LogP contribution is 2.28. The monoisotopic (exact) mass is 360 g/mol. The minimum Gasteiger partial charge on any atom is -0.383 e. The van der Waals surface area contributed by atoms with Gasteiger partial charge in [-0.25, -0.2) is 8.78 Å². The molecule has 1 N–H and O–H groups in total. The summed E-state index contributed by atoms with van der Waals surface area (Å²) in [6, 6.07) is 9.41. The van der Waals surface area contributed by atoms with E-state index >= 15 is 0 Å². The summed E-state index contributed by atoms with van der Waals surface area (Å²) in [6.07, 6.45) is -1.29. The molecular formula is C14H11F2IO. The van der Waals surface area contributed by atoms with Crippen molar-refractivity contribution in [2.75, 3.05) is 0 Å². The van der Waals surface area contributed by atoms with E-state index in [2.05, 4.69) is 22.6 Å². The second-order valence-electron chi connectivity index (χ2n) is 4.05. The van der Waals surface area contributed by atoms with E-state index in [1.807, 2.05) is 0 Å². The van der Waals surface area contributed by atoms with Crippen LogP contribution in [-0.4, -0.2) is 5.11 Å². The molecule has 1 atom stereocenters. The molecule has 0 radical (unpaired) electrons. The number of hydrogen-bond acceptors (Lipinski definition) is 1. The second-order valence-corrected chi connectivity index (χ2v) is 5.29. The van der Waals surface area contributed by atoms with Gasteiger partial charge in [0.2, 0.25) is 0 Å². The fourth-order valence-corrected chi connectivity index (χ4v) is 2.10. The Hall–Kier alpha value is -1.01. The average molecular weight is 360 g/mol. The summed E-state index contributed by atoms with van der Waals surface area (Å²) in [5.41, 5.74) is 0.492. The SMILES string of the molecule is Cc1ccc(F)c(C(O)c2ccc(I)cc2)c1F. The molecule has 2 rings (SSSR count). The summed E-state index contributed by atoms with van der Waals surface area (Å²) >= 11 is 2.12. The fourth-order valence-electron chi connectivity index (χ4n) is 1.74. The number of aryl methyl sites for hydroxylation is 1. The third-order valence-electron chi connectivity index (χ3n) is 2.78. The molecule has 0 fully saturated rings. The zero-order valence-electron chi connectivity index (χ0n) is 9.62. The first-order chi connectivity index (χ1) is 8.50. The van der Waals surface area contributed by atoms with E-state index in [0.717, 1.165) is 3.57 Å². The molecule has 0 saturated heterocycles. The number of benzene rings is 2. The quantitative estimate of drug-likeness (QED) is 0.804. The van der Waals surface area contributed by atoms with E-state index < -0.39 is 17.7 Å². The normalized spacial score (nSPS) is 12.5. The molecule has 0 aliphatic rings. The molecule has 4 heteroatoms. The summed E-state index contributed by atoms with van der Waals surface area (Å²) in [5.74, 6) is -1.43. The standard InChI is InChI=1S/C14H11F2IO/c1-8-2-7-11(15)12(13(8)16)14(18)9-3-5-10(17)6-4-9/h2-7,14,18H,1H3. The van der Waals surface area contributed by atoms with Crippen molar-refractivity contribution >= 4 is 22.6 Å². The Labute approximate surface area is 118 Å². The van der Waals surface area contributed by atoms with Crippen LogP contribution in [0.2, 0.25) is 0 Å². The summed E-state index contributed by atoms with van der Waals surface area (Å²) in [5, 5.41) is 10.1. The second kappa shape index (κ2) is 5.32. The highest BCUT2D eigenvalue weighted by atomic mass is 127. The predicted octanol–water partition coefficient (Wildman–Crippen LogP) is 3.96. The summed E-state index contributed by atoms with van der Waals surface area (Å²) < 4.78 is 28.5. The third kappa shape index (κ3) is 2.54. The van der Waals surface area contributed by atoms with Crippen LogP contribution >= 0.6 is 22.6 Å². The lowest BCUT2D eigenvalue weighted by Gasteiger charge is -2.14. The number of rotatable bonds is 2. The van der Waals surface area contributed by atoms with Gasteiger partial charge in [-0.2, -0.15) is 0 Å². The van der Waals surface area contributed by atoms with E-state index in [1.54, 1.807) is 31.2 Å². The fraction of sp³-hybridized carbons (Fsp3) is 0.143. The van der Waals surface area contributed by atoms with Crippen molar-refractivity contribution < 1.29 is 13.9 Å². The van der Waals surface area contributed by atoms with Crippen molar-refractivity contribution in [2.24, 2.45) is 0 Å². The lowest BCUT2D eigenvalue weighted by atomic mass is 9.99. The van der Waals surface area contributed by atoms with Gasteiger partial charge in [0.25, 0.3) is 0 Å². The van der Waals surface area contributed by atoms with E-state index in [4.69, 9.17) is 0 Å². The summed E-state index contributed by atoms with van der Waals surface area (Å²) in [6.45, 7) is 1.54. The van der Waals surface area contributed by atoms with Gasteiger partial charge < -0.3 is 5.11 Å². The molecule has 0 amide bonds. The molecule has 94 valence electrons. The van der Waals surface area contributed by atoms with Crippen LogP contribution in [0.3, 0.4) is 0 Å². The van der Waals surface area contributed by atoms with Crippen molar-refractivity contribution in [2.45, 2.75) is 13.0 Å². The lowest BCUT2D eigenvalue weighted by Crippen LogP contribution is -2.07. The molecule has 1 nitrogen and oxygen atoms in total. The topological polar surface area (TPSA) is 20.2 Å². The van der Waals surface area contributed by atoms with E-state index in [-0.39, 0.29) is 5.56 Å². The van der Waals surface area contributed by atoms with Crippen LogP contribution in [-0.2, 0) is 0 Å².